The van der Waals surface area contributed by atoms with Gasteiger partial charge >= 0.3 is 0 Å². The quantitative estimate of drug-likeness (QED) is 0.754. The summed E-state index contributed by atoms with van der Waals surface area (Å²) in [6, 6.07) is 10.3. The van der Waals surface area contributed by atoms with Crippen LogP contribution in [0.4, 0.5) is 0 Å². The number of likely N-dealkylation sites (N-methyl/N-ethyl adjacent to an activating group) is 1. The van der Waals surface area contributed by atoms with Gasteiger partial charge in [-0.15, -0.1) is 17.7 Å². The van der Waals surface area contributed by atoms with Gasteiger partial charge in [0.2, 0.25) is 0 Å². The Morgan fingerprint density at radius 1 is 1.24 bits per heavy atom. The van der Waals surface area contributed by atoms with Crippen LogP contribution in [-0.4, -0.2) is 11.4 Å². The second kappa shape index (κ2) is 6.32. The molecule has 0 saturated carbocycles. The van der Waals surface area contributed by atoms with Crippen LogP contribution in [0, 0.1) is 6.08 Å². The van der Waals surface area contributed by atoms with Crippen LogP contribution in [0.25, 0.3) is 5.70 Å². The molecule has 1 aliphatic heterocycles. The van der Waals surface area contributed by atoms with Crippen LogP contribution in [0.15, 0.2) is 54.3 Å². The number of hydrogen-bond donors (Lipinski definition) is 0. The summed E-state index contributed by atoms with van der Waals surface area (Å²) in [5, 5.41) is 0. The molecule has 0 atom stereocenters. The van der Waals surface area contributed by atoms with Crippen molar-refractivity contribution in [2.24, 2.45) is 0 Å². The molecule has 1 aromatic carbocycles. The van der Waals surface area contributed by atoms with Crippen LogP contribution < -0.4 is 0 Å². The molecular weight excluding hydrogens is 283 g/mol. The van der Waals surface area contributed by atoms with E-state index < -0.39 is 0 Å². The van der Waals surface area contributed by atoms with E-state index in [9.17, 15) is 0 Å². The monoisotopic (exact) mass is 299 g/mol. The smallest absolute Gasteiger partial charge is 0.0169 e. The molecule has 0 saturated heterocycles. The fourth-order valence-corrected chi connectivity index (χ4v) is 1.87. The Labute approximate surface area is 129 Å². The fraction of sp³-hybridized carbons (Fsp3) is 0.200. The first-order valence-corrected chi connectivity index (χ1v) is 5.56. The minimum absolute atomic E-state index is 0. The van der Waals surface area contributed by atoms with E-state index in [1.165, 1.54) is 11.1 Å². The standard InChI is InChI=1S/C15H16N.Y/c1-4-16-13(3)12(2)10-11-15(16)14-8-6-5-7-9-14;/h5-10H,3-4H2,1-2H3;/q-1;. The molecule has 0 aliphatic carbocycles. The van der Waals surface area contributed by atoms with E-state index >= 15 is 0 Å². The predicted octanol–water partition coefficient (Wildman–Crippen LogP) is 3.62. The topological polar surface area (TPSA) is 3.24 Å². The first-order chi connectivity index (χ1) is 7.74. The molecule has 1 aliphatic rings. The molecule has 0 aromatic heterocycles. The van der Waals surface area contributed by atoms with E-state index in [4.69, 9.17) is 0 Å². The first-order valence-electron chi connectivity index (χ1n) is 5.56. The molecule has 0 bridgehead atoms. The van der Waals surface area contributed by atoms with Crippen LogP contribution in [0.3, 0.4) is 0 Å². The summed E-state index contributed by atoms with van der Waals surface area (Å²) < 4.78 is 0. The molecule has 1 heterocycles. The number of nitrogens with zero attached hydrogens (tertiary/aromatic N) is 1. The maximum Gasteiger partial charge on any atom is 0.0169 e. The number of benzene rings is 1. The molecule has 17 heavy (non-hydrogen) atoms. The van der Waals surface area contributed by atoms with Gasteiger partial charge in [-0.3, -0.25) is 0 Å². The summed E-state index contributed by atoms with van der Waals surface area (Å²) in [5.41, 5.74) is 4.55. The largest absolute Gasteiger partial charge is 0.376 e. The van der Waals surface area contributed by atoms with Crippen LogP contribution in [-0.2, 0) is 32.7 Å². The Bertz CT molecular complexity index is 457. The van der Waals surface area contributed by atoms with Gasteiger partial charge in [-0.05, 0) is 12.6 Å². The summed E-state index contributed by atoms with van der Waals surface area (Å²) in [6.07, 6.45) is 5.35. The zero-order valence-electron chi connectivity index (χ0n) is 10.4. The van der Waals surface area contributed by atoms with Gasteiger partial charge in [0.05, 0.1) is 0 Å². The number of hydrogen-bond acceptors (Lipinski definition) is 1. The Kier molecular flexibility index (Phi) is 5.36. The van der Waals surface area contributed by atoms with E-state index in [-0.39, 0.29) is 32.7 Å². The number of rotatable bonds is 2. The predicted molar refractivity (Wildman–Crippen MR) is 68.4 cm³/mol. The van der Waals surface area contributed by atoms with Crippen molar-refractivity contribution in [2.75, 3.05) is 6.54 Å². The van der Waals surface area contributed by atoms with Crippen molar-refractivity contribution in [1.29, 1.82) is 0 Å². The van der Waals surface area contributed by atoms with Crippen LogP contribution >= 0.6 is 0 Å². The molecule has 0 N–H and O–H groups in total. The van der Waals surface area contributed by atoms with Crippen LogP contribution in [0.1, 0.15) is 19.4 Å². The molecule has 2 heteroatoms. The van der Waals surface area contributed by atoms with Gasteiger partial charge in [-0.2, -0.15) is 12.2 Å². The van der Waals surface area contributed by atoms with Gasteiger partial charge in [0.15, 0.2) is 0 Å². The normalized spacial score (nSPS) is 14.9. The van der Waals surface area contributed by atoms with E-state index in [0.29, 0.717) is 0 Å². The molecule has 1 aromatic rings. The molecule has 0 fully saturated rings. The van der Waals surface area contributed by atoms with E-state index in [1.807, 2.05) is 24.3 Å². The van der Waals surface area contributed by atoms with Crippen molar-refractivity contribution in [3.63, 3.8) is 0 Å². The van der Waals surface area contributed by atoms with E-state index in [2.05, 4.69) is 43.5 Å². The summed E-state index contributed by atoms with van der Waals surface area (Å²) in [7, 11) is 0. The Hall–Kier alpha value is -0.656. The minimum atomic E-state index is 0. The zero-order chi connectivity index (χ0) is 11.5. The molecule has 0 unspecified atom stereocenters. The first kappa shape index (κ1) is 14.4. The van der Waals surface area contributed by atoms with Gasteiger partial charge < -0.3 is 4.90 Å². The molecule has 0 spiro atoms. The SMILES string of the molecule is C=C1C(C)=C[C-]=C(c2ccccc2)N1CC.[Y]. The average Bonchev–Trinajstić information content (AvgIpc) is 2.33. The third-order valence-electron chi connectivity index (χ3n) is 2.84. The third-order valence-corrected chi connectivity index (χ3v) is 2.84. The Balaban J connectivity index is 0.00000144. The fourth-order valence-electron chi connectivity index (χ4n) is 1.87. The van der Waals surface area contributed by atoms with Gasteiger partial charge in [0, 0.05) is 39.3 Å². The molecule has 0 amide bonds. The Morgan fingerprint density at radius 2 is 1.88 bits per heavy atom. The van der Waals surface area contributed by atoms with Crippen molar-refractivity contribution in [3.8, 4) is 0 Å². The maximum atomic E-state index is 4.12. The molecular formula is C15H16NY-. The van der Waals surface area contributed by atoms with Gasteiger partial charge in [-0.1, -0.05) is 43.0 Å². The third kappa shape index (κ3) is 2.97. The zero-order valence-corrected chi connectivity index (χ0v) is 13.2. The second-order valence-electron chi connectivity index (χ2n) is 3.88. The van der Waals surface area contributed by atoms with Crippen molar-refractivity contribution in [2.45, 2.75) is 13.8 Å². The summed E-state index contributed by atoms with van der Waals surface area (Å²) >= 11 is 0. The van der Waals surface area contributed by atoms with Crippen molar-refractivity contribution in [1.82, 2.24) is 4.90 Å². The summed E-state index contributed by atoms with van der Waals surface area (Å²) in [4.78, 5) is 2.20. The van der Waals surface area contributed by atoms with Crippen molar-refractivity contribution in [3.05, 3.63) is 65.9 Å². The second-order valence-corrected chi connectivity index (χ2v) is 3.88. The summed E-state index contributed by atoms with van der Waals surface area (Å²) in [6.45, 7) is 9.24. The van der Waals surface area contributed by atoms with Crippen molar-refractivity contribution < 1.29 is 32.7 Å². The Morgan fingerprint density at radius 3 is 2.47 bits per heavy atom. The maximum absolute atomic E-state index is 4.12. The average molecular weight is 299 g/mol. The van der Waals surface area contributed by atoms with Crippen LogP contribution in [0.5, 0.6) is 0 Å². The van der Waals surface area contributed by atoms with E-state index in [0.717, 1.165) is 17.9 Å². The van der Waals surface area contributed by atoms with Crippen molar-refractivity contribution >= 4 is 5.70 Å². The van der Waals surface area contributed by atoms with Gasteiger partial charge in [-0.25, -0.2) is 0 Å². The number of allylic oxidation sites excluding steroid dienone is 3. The minimum Gasteiger partial charge on any atom is -0.376 e. The molecule has 1 nitrogen and oxygen atoms in total. The molecule has 2 rings (SSSR count). The molecule has 1 radical (unpaired) electrons. The van der Waals surface area contributed by atoms with Gasteiger partial charge in [0.1, 0.15) is 0 Å². The van der Waals surface area contributed by atoms with Gasteiger partial charge in [0.25, 0.3) is 0 Å². The van der Waals surface area contributed by atoms with Crippen LogP contribution in [0.2, 0.25) is 0 Å². The van der Waals surface area contributed by atoms with E-state index in [1.54, 1.807) is 0 Å². The molecule has 85 valence electrons. The summed E-state index contributed by atoms with van der Waals surface area (Å²) in [5.74, 6) is 0.